The third-order valence-corrected chi connectivity index (χ3v) is 6.67. The summed E-state index contributed by atoms with van der Waals surface area (Å²) < 4.78 is 29.6. The lowest BCUT2D eigenvalue weighted by molar-refractivity contribution is 0.0950. The molecule has 1 heterocycles. The third kappa shape index (κ3) is 4.72. The lowest BCUT2D eigenvalue weighted by atomic mass is 10.2. The van der Waals surface area contributed by atoms with Gasteiger partial charge >= 0.3 is 0 Å². The van der Waals surface area contributed by atoms with E-state index < -0.39 is 10.0 Å². The van der Waals surface area contributed by atoms with Gasteiger partial charge < -0.3 is 5.32 Å². The Kier molecular flexibility index (Phi) is 5.48. The van der Waals surface area contributed by atoms with Crippen molar-refractivity contribution in [2.24, 2.45) is 0 Å². The van der Waals surface area contributed by atoms with Gasteiger partial charge in [-0.15, -0.1) is 0 Å². The number of carbonyl (C=O) groups is 1. The van der Waals surface area contributed by atoms with E-state index in [1.54, 1.807) is 17.1 Å². The molecule has 1 aliphatic carbocycles. The van der Waals surface area contributed by atoms with Crippen LogP contribution >= 0.6 is 15.9 Å². The van der Waals surface area contributed by atoms with Gasteiger partial charge in [-0.05, 0) is 64.7 Å². The molecule has 0 aliphatic heterocycles. The monoisotopic (exact) mass is 475 g/mol. The van der Waals surface area contributed by atoms with Crippen molar-refractivity contribution in [1.29, 1.82) is 0 Å². The maximum Gasteiger partial charge on any atom is 0.252 e. The zero-order valence-corrected chi connectivity index (χ0v) is 17.6. The minimum atomic E-state index is -3.63. The summed E-state index contributed by atoms with van der Waals surface area (Å²) in [6.07, 6.45) is 4.76. The average Bonchev–Trinajstić information content (AvgIpc) is 3.33. The first-order valence-electron chi connectivity index (χ1n) is 8.96. The van der Waals surface area contributed by atoms with Gasteiger partial charge in [0.25, 0.3) is 5.91 Å². The highest BCUT2D eigenvalue weighted by Crippen LogP contribution is 2.25. The standard InChI is InChI=1S/C19H18BrN5O3S/c20-18-8-7-16(29(27,28)24-14-3-4-14)9-17(18)19(26)22-10-13-1-5-15(6-2-13)25-12-21-11-23-25/h1-2,5-9,11-12,14,24H,3-4,10H2,(H,22,26). The first-order valence-corrected chi connectivity index (χ1v) is 11.2. The molecule has 150 valence electrons. The Labute approximate surface area is 176 Å². The Morgan fingerprint density at radius 3 is 2.59 bits per heavy atom. The number of sulfonamides is 1. The maximum absolute atomic E-state index is 12.6. The number of nitrogens with one attached hydrogen (secondary N) is 2. The maximum atomic E-state index is 12.6. The third-order valence-electron chi connectivity index (χ3n) is 4.46. The molecular weight excluding hydrogens is 458 g/mol. The van der Waals surface area contributed by atoms with Crippen LogP contribution in [0.1, 0.15) is 28.8 Å². The molecule has 1 saturated carbocycles. The van der Waals surface area contributed by atoms with E-state index in [1.165, 1.54) is 18.5 Å². The molecule has 0 spiro atoms. The van der Waals surface area contributed by atoms with Crippen LogP contribution in [-0.4, -0.2) is 35.1 Å². The molecule has 29 heavy (non-hydrogen) atoms. The van der Waals surface area contributed by atoms with Crippen molar-refractivity contribution >= 4 is 31.9 Å². The van der Waals surface area contributed by atoms with Gasteiger partial charge in [0.1, 0.15) is 12.7 Å². The van der Waals surface area contributed by atoms with E-state index in [0.29, 0.717) is 11.0 Å². The van der Waals surface area contributed by atoms with Crippen molar-refractivity contribution < 1.29 is 13.2 Å². The van der Waals surface area contributed by atoms with Crippen LogP contribution < -0.4 is 10.0 Å². The summed E-state index contributed by atoms with van der Waals surface area (Å²) in [4.78, 5) is 16.6. The van der Waals surface area contributed by atoms with Gasteiger partial charge in [-0.1, -0.05) is 12.1 Å². The summed E-state index contributed by atoms with van der Waals surface area (Å²) in [7, 11) is -3.63. The zero-order chi connectivity index (χ0) is 20.4. The van der Waals surface area contributed by atoms with Gasteiger partial charge in [-0.3, -0.25) is 4.79 Å². The molecule has 0 atom stereocenters. The average molecular weight is 476 g/mol. The van der Waals surface area contributed by atoms with Gasteiger partial charge in [0.05, 0.1) is 16.1 Å². The molecule has 10 heteroatoms. The van der Waals surface area contributed by atoms with Crippen LogP contribution in [0.15, 0.2) is 64.5 Å². The Bertz CT molecular complexity index is 1130. The fourth-order valence-corrected chi connectivity index (χ4v) is 4.48. The summed E-state index contributed by atoms with van der Waals surface area (Å²) in [6, 6.07) is 12.0. The number of carbonyl (C=O) groups excluding carboxylic acids is 1. The van der Waals surface area contributed by atoms with Crippen molar-refractivity contribution in [2.75, 3.05) is 0 Å². The van der Waals surface area contributed by atoms with Crippen LogP contribution in [-0.2, 0) is 16.6 Å². The summed E-state index contributed by atoms with van der Waals surface area (Å²) >= 11 is 3.33. The van der Waals surface area contributed by atoms with Crippen molar-refractivity contribution in [1.82, 2.24) is 24.8 Å². The second kappa shape index (κ2) is 8.05. The van der Waals surface area contributed by atoms with E-state index in [1.807, 2.05) is 24.3 Å². The fraction of sp³-hybridized carbons (Fsp3) is 0.211. The second-order valence-corrected chi connectivity index (χ2v) is 9.29. The molecule has 3 aromatic rings. The number of amides is 1. The van der Waals surface area contributed by atoms with Crippen molar-refractivity contribution in [2.45, 2.75) is 30.3 Å². The lowest BCUT2D eigenvalue weighted by Gasteiger charge is -2.11. The van der Waals surface area contributed by atoms with Gasteiger partial charge in [-0.25, -0.2) is 22.8 Å². The zero-order valence-electron chi connectivity index (χ0n) is 15.2. The van der Waals surface area contributed by atoms with Crippen LogP contribution in [0.5, 0.6) is 0 Å². The molecule has 1 fully saturated rings. The Hall–Kier alpha value is -2.56. The van der Waals surface area contributed by atoms with Crippen molar-refractivity contribution in [3.8, 4) is 5.69 Å². The first-order chi connectivity index (χ1) is 13.9. The summed E-state index contributed by atoms with van der Waals surface area (Å²) in [5, 5.41) is 6.89. The Morgan fingerprint density at radius 1 is 1.17 bits per heavy atom. The number of nitrogens with zero attached hydrogens (tertiary/aromatic N) is 3. The van der Waals surface area contributed by atoms with Crippen molar-refractivity contribution in [3.63, 3.8) is 0 Å². The van der Waals surface area contributed by atoms with Crippen LogP contribution in [0.4, 0.5) is 0 Å². The molecule has 2 N–H and O–H groups in total. The highest BCUT2D eigenvalue weighted by molar-refractivity contribution is 9.10. The topological polar surface area (TPSA) is 106 Å². The van der Waals surface area contributed by atoms with E-state index in [2.05, 4.69) is 36.1 Å². The minimum Gasteiger partial charge on any atom is -0.348 e. The van der Waals surface area contributed by atoms with E-state index >= 15 is 0 Å². The summed E-state index contributed by atoms with van der Waals surface area (Å²) in [5.41, 5.74) is 2.03. The number of hydrogen-bond donors (Lipinski definition) is 2. The molecule has 0 radical (unpaired) electrons. The normalized spacial score (nSPS) is 14.0. The first kappa shape index (κ1) is 19.7. The van der Waals surface area contributed by atoms with E-state index in [9.17, 15) is 13.2 Å². The molecule has 1 aromatic heterocycles. The molecule has 0 saturated heterocycles. The largest absolute Gasteiger partial charge is 0.348 e. The number of rotatable bonds is 7. The van der Waals surface area contributed by atoms with E-state index in [4.69, 9.17) is 0 Å². The predicted octanol–water partition coefficient (Wildman–Crippen LogP) is 2.40. The quantitative estimate of drug-likeness (QED) is 0.545. The molecule has 0 unspecified atom stereocenters. The number of hydrogen-bond acceptors (Lipinski definition) is 5. The van der Waals surface area contributed by atoms with Crippen molar-refractivity contribution in [3.05, 3.63) is 70.7 Å². The highest BCUT2D eigenvalue weighted by Gasteiger charge is 2.28. The van der Waals surface area contributed by atoms with Crippen LogP contribution in [0.2, 0.25) is 0 Å². The highest BCUT2D eigenvalue weighted by atomic mass is 79.9. The molecule has 1 aliphatic rings. The van der Waals surface area contributed by atoms with Crippen LogP contribution in [0, 0.1) is 0 Å². The fourth-order valence-electron chi connectivity index (χ4n) is 2.72. The number of aromatic nitrogens is 3. The lowest BCUT2D eigenvalue weighted by Crippen LogP contribution is -2.27. The van der Waals surface area contributed by atoms with Crippen LogP contribution in [0.3, 0.4) is 0 Å². The van der Waals surface area contributed by atoms with E-state index in [0.717, 1.165) is 24.1 Å². The van der Waals surface area contributed by atoms with Gasteiger partial charge in [0.2, 0.25) is 10.0 Å². The molecule has 0 bridgehead atoms. The second-order valence-electron chi connectivity index (χ2n) is 6.73. The van der Waals surface area contributed by atoms with Gasteiger partial charge in [0, 0.05) is 17.1 Å². The number of halogens is 1. The minimum absolute atomic E-state index is 0.00131. The predicted molar refractivity (Wildman–Crippen MR) is 110 cm³/mol. The number of benzene rings is 2. The van der Waals surface area contributed by atoms with Gasteiger partial charge in [0.15, 0.2) is 0 Å². The van der Waals surface area contributed by atoms with Crippen LogP contribution in [0.25, 0.3) is 5.69 Å². The molecular formula is C19H18BrN5O3S. The molecule has 1 amide bonds. The molecule has 2 aromatic carbocycles. The molecule has 4 rings (SSSR count). The summed E-state index contributed by atoms with van der Waals surface area (Å²) in [5.74, 6) is -0.360. The Morgan fingerprint density at radius 2 is 1.93 bits per heavy atom. The summed E-state index contributed by atoms with van der Waals surface area (Å²) in [6.45, 7) is 0.306. The Balaban J connectivity index is 1.44. The molecule has 8 nitrogen and oxygen atoms in total. The van der Waals surface area contributed by atoms with Gasteiger partial charge in [-0.2, -0.15) is 5.10 Å². The van der Waals surface area contributed by atoms with E-state index in [-0.39, 0.29) is 22.4 Å². The SMILES string of the molecule is O=C(NCc1ccc(-n2cncn2)cc1)c1cc(S(=O)(=O)NC2CC2)ccc1Br. The smallest absolute Gasteiger partial charge is 0.252 e.